The van der Waals surface area contributed by atoms with Gasteiger partial charge in [0.2, 0.25) is 0 Å². The lowest BCUT2D eigenvalue weighted by molar-refractivity contribution is -0.385. The number of hydrogen-bond acceptors (Lipinski definition) is 5. The highest BCUT2D eigenvalue weighted by Crippen LogP contribution is 2.36. The Morgan fingerprint density at radius 2 is 2.09 bits per heavy atom. The second kappa shape index (κ2) is 6.14. The van der Waals surface area contributed by atoms with Gasteiger partial charge in [0, 0.05) is 42.3 Å². The molecule has 1 aromatic rings. The third-order valence-electron chi connectivity index (χ3n) is 4.53. The topological polar surface area (TPSA) is 58.9 Å². The Morgan fingerprint density at radius 3 is 2.59 bits per heavy atom. The molecule has 0 aromatic heterocycles. The number of rotatable bonds is 3. The van der Waals surface area contributed by atoms with Crippen molar-refractivity contribution >= 4 is 27.3 Å². The van der Waals surface area contributed by atoms with Crippen LogP contribution in [0.15, 0.2) is 16.6 Å². The van der Waals surface area contributed by atoms with E-state index in [4.69, 9.17) is 4.74 Å². The van der Waals surface area contributed by atoms with Gasteiger partial charge < -0.3 is 9.64 Å². The Bertz CT molecular complexity index is 568. The molecule has 1 atom stereocenters. The Morgan fingerprint density at radius 1 is 1.36 bits per heavy atom. The number of piperazine rings is 1. The highest BCUT2D eigenvalue weighted by Gasteiger charge is 2.33. The predicted molar refractivity (Wildman–Crippen MR) is 88.5 cm³/mol. The molecule has 0 N–H and O–H groups in total. The summed E-state index contributed by atoms with van der Waals surface area (Å²) in [6.45, 7) is 8.75. The van der Waals surface area contributed by atoms with Gasteiger partial charge in [-0.15, -0.1) is 0 Å². The summed E-state index contributed by atoms with van der Waals surface area (Å²) in [6, 6.07) is 4.18. The Labute approximate surface area is 138 Å². The largest absolute Gasteiger partial charge is 0.378 e. The molecule has 3 rings (SSSR count). The third kappa shape index (κ3) is 2.85. The van der Waals surface area contributed by atoms with E-state index < -0.39 is 0 Å². The maximum atomic E-state index is 11.0. The molecular formula is C15H20BrN3O3. The van der Waals surface area contributed by atoms with Crippen molar-refractivity contribution in [1.29, 1.82) is 0 Å². The van der Waals surface area contributed by atoms with Crippen molar-refractivity contribution < 1.29 is 9.66 Å². The van der Waals surface area contributed by atoms with Crippen LogP contribution in [-0.4, -0.2) is 54.8 Å². The van der Waals surface area contributed by atoms with Crippen molar-refractivity contribution in [1.82, 2.24) is 4.90 Å². The minimum atomic E-state index is -0.348. The van der Waals surface area contributed by atoms with Crippen LogP contribution in [0.2, 0.25) is 0 Å². The molecule has 0 spiro atoms. The standard InChI is InChI=1S/C15H20BrN3O3/c1-10-5-12(19(20)21)6-14(16)15(10)18-4-3-17(7-11(18)2)13-8-22-9-13/h5-6,11,13H,3-4,7-9H2,1-2H3/t11-/m0/s1. The van der Waals surface area contributed by atoms with Crippen LogP contribution in [0.4, 0.5) is 11.4 Å². The van der Waals surface area contributed by atoms with Gasteiger partial charge in [-0.3, -0.25) is 15.0 Å². The molecule has 22 heavy (non-hydrogen) atoms. The fourth-order valence-corrected chi connectivity index (χ4v) is 4.05. The fraction of sp³-hybridized carbons (Fsp3) is 0.600. The predicted octanol–water partition coefficient (Wildman–Crippen LogP) is 2.58. The van der Waals surface area contributed by atoms with Crippen molar-refractivity contribution in [2.24, 2.45) is 0 Å². The van der Waals surface area contributed by atoms with E-state index in [1.165, 1.54) is 0 Å². The van der Waals surface area contributed by atoms with E-state index in [0.29, 0.717) is 12.1 Å². The third-order valence-corrected chi connectivity index (χ3v) is 5.14. The SMILES string of the molecule is Cc1cc([N+](=O)[O-])cc(Br)c1N1CCN(C2COC2)C[C@@H]1C. The minimum Gasteiger partial charge on any atom is -0.378 e. The summed E-state index contributed by atoms with van der Waals surface area (Å²) >= 11 is 3.52. The average molecular weight is 370 g/mol. The Balaban J connectivity index is 1.81. The number of nitro groups is 1. The number of benzene rings is 1. The zero-order valence-corrected chi connectivity index (χ0v) is 14.4. The lowest BCUT2D eigenvalue weighted by atomic mass is 10.1. The average Bonchev–Trinajstić information content (AvgIpc) is 2.38. The zero-order valence-electron chi connectivity index (χ0n) is 12.8. The molecule has 2 aliphatic rings. The van der Waals surface area contributed by atoms with Gasteiger partial charge in [0.1, 0.15) is 0 Å². The van der Waals surface area contributed by atoms with Crippen LogP contribution in [-0.2, 0) is 4.74 Å². The van der Waals surface area contributed by atoms with E-state index in [1.54, 1.807) is 12.1 Å². The fourth-order valence-electron chi connectivity index (χ4n) is 3.27. The summed E-state index contributed by atoms with van der Waals surface area (Å²) in [4.78, 5) is 15.5. The van der Waals surface area contributed by atoms with Gasteiger partial charge in [-0.05, 0) is 35.3 Å². The monoisotopic (exact) mass is 369 g/mol. The van der Waals surface area contributed by atoms with Crippen molar-refractivity contribution in [2.75, 3.05) is 37.7 Å². The Hall–Kier alpha value is -1.18. The summed E-state index contributed by atoms with van der Waals surface area (Å²) in [5.74, 6) is 0. The van der Waals surface area contributed by atoms with Crippen LogP contribution >= 0.6 is 15.9 Å². The van der Waals surface area contributed by atoms with Crippen LogP contribution in [0.1, 0.15) is 12.5 Å². The first-order valence-electron chi connectivity index (χ1n) is 7.50. The minimum absolute atomic E-state index is 0.131. The first-order valence-corrected chi connectivity index (χ1v) is 8.29. The number of hydrogen-bond donors (Lipinski definition) is 0. The van der Waals surface area contributed by atoms with E-state index in [0.717, 1.165) is 48.6 Å². The molecule has 0 aliphatic carbocycles. The van der Waals surface area contributed by atoms with Gasteiger partial charge in [0.15, 0.2) is 0 Å². The first-order chi connectivity index (χ1) is 10.5. The lowest BCUT2D eigenvalue weighted by Gasteiger charge is -2.47. The van der Waals surface area contributed by atoms with E-state index in [9.17, 15) is 10.1 Å². The number of aryl methyl sites for hydroxylation is 1. The van der Waals surface area contributed by atoms with Gasteiger partial charge in [0.05, 0.1) is 29.9 Å². The molecule has 0 radical (unpaired) electrons. The molecule has 0 amide bonds. The van der Waals surface area contributed by atoms with Crippen molar-refractivity contribution in [2.45, 2.75) is 25.9 Å². The molecule has 0 bridgehead atoms. The zero-order chi connectivity index (χ0) is 15.9. The van der Waals surface area contributed by atoms with Gasteiger partial charge in [-0.2, -0.15) is 0 Å². The maximum absolute atomic E-state index is 11.0. The van der Waals surface area contributed by atoms with Gasteiger partial charge in [-0.1, -0.05) is 0 Å². The summed E-state index contributed by atoms with van der Waals surface area (Å²) in [7, 11) is 0. The molecule has 2 fully saturated rings. The molecule has 2 saturated heterocycles. The molecule has 6 nitrogen and oxygen atoms in total. The normalized spacial score (nSPS) is 23.4. The van der Waals surface area contributed by atoms with Crippen LogP contribution in [0.3, 0.4) is 0 Å². The summed E-state index contributed by atoms with van der Waals surface area (Å²) < 4.78 is 6.08. The van der Waals surface area contributed by atoms with Crippen molar-refractivity contribution in [3.63, 3.8) is 0 Å². The van der Waals surface area contributed by atoms with Gasteiger partial charge in [-0.25, -0.2) is 0 Å². The second-order valence-corrected chi connectivity index (χ2v) is 6.93. The van der Waals surface area contributed by atoms with E-state index in [1.807, 2.05) is 6.92 Å². The molecule has 0 saturated carbocycles. The van der Waals surface area contributed by atoms with E-state index in [-0.39, 0.29) is 10.6 Å². The molecule has 1 aromatic carbocycles. The molecular weight excluding hydrogens is 350 g/mol. The number of nitro benzene ring substituents is 1. The summed E-state index contributed by atoms with van der Waals surface area (Å²) in [5, 5.41) is 11.0. The second-order valence-electron chi connectivity index (χ2n) is 6.08. The van der Waals surface area contributed by atoms with Gasteiger partial charge >= 0.3 is 0 Å². The van der Waals surface area contributed by atoms with Crippen molar-refractivity contribution in [3.05, 3.63) is 32.3 Å². The number of non-ortho nitro benzene ring substituents is 1. The molecule has 2 aliphatic heterocycles. The lowest BCUT2D eigenvalue weighted by Crippen LogP contribution is -2.59. The summed E-state index contributed by atoms with van der Waals surface area (Å²) in [5.41, 5.74) is 2.14. The van der Waals surface area contributed by atoms with Crippen LogP contribution < -0.4 is 4.90 Å². The van der Waals surface area contributed by atoms with Crippen LogP contribution in [0.5, 0.6) is 0 Å². The van der Waals surface area contributed by atoms with Crippen LogP contribution in [0, 0.1) is 17.0 Å². The quantitative estimate of drug-likeness (QED) is 0.605. The number of halogens is 1. The number of anilines is 1. The smallest absolute Gasteiger partial charge is 0.270 e. The molecule has 0 unspecified atom stereocenters. The van der Waals surface area contributed by atoms with Crippen LogP contribution in [0.25, 0.3) is 0 Å². The summed E-state index contributed by atoms with van der Waals surface area (Å²) in [6.07, 6.45) is 0. The first kappa shape index (κ1) is 15.7. The van der Waals surface area contributed by atoms with Crippen molar-refractivity contribution in [3.8, 4) is 0 Å². The van der Waals surface area contributed by atoms with E-state index in [2.05, 4.69) is 32.7 Å². The van der Waals surface area contributed by atoms with Gasteiger partial charge in [0.25, 0.3) is 5.69 Å². The highest BCUT2D eigenvalue weighted by atomic mass is 79.9. The maximum Gasteiger partial charge on any atom is 0.270 e. The molecule has 2 heterocycles. The molecule has 7 heteroatoms. The number of nitrogens with zero attached hydrogens (tertiary/aromatic N) is 3. The Kier molecular flexibility index (Phi) is 4.38. The highest BCUT2D eigenvalue weighted by molar-refractivity contribution is 9.10. The number of ether oxygens (including phenoxy) is 1. The molecule has 120 valence electrons. The van der Waals surface area contributed by atoms with E-state index >= 15 is 0 Å².